The van der Waals surface area contributed by atoms with Gasteiger partial charge in [-0.05, 0) is 50.2 Å². The van der Waals surface area contributed by atoms with Crippen molar-refractivity contribution in [2.75, 3.05) is 5.32 Å². The summed E-state index contributed by atoms with van der Waals surface area (Å²) in [5.74, 6) is -0.578. The quantitative estimate of drug-likeness (QED) is 0.410. The third-order valence-electron chi connectivity index (χ3n) is 5.07. The minimum Gasteiger partial charge on any atom is -0.319 e. The van der Waals surface area contributed by atoms with Crippen molar-refractivity contribution in [3.05, 3.63) is 81.8 Å². The van der Waals surface area contributed by atoms with E-state index in [1.165, 1.54) is 39.9 Å². The number of amides is 1. The molecule has 4 aromatic rings. The lowest BCUT2D eigenvalue weighted by molar-refractivity contribution is -0.115. The minimum atomic E-state index is -0.466. The molecular weight excluding hydrogens is 447 g/mol. The highest BCUT2D eigenvalue weighted by Gasteiger charge is 2.22. The lowest BCUT2D eigenvalue weighted by atomic mass is 10.2. The summed E-state index contributed by atoms with van der Waals surface area (Å²) in [6, 6.07) is 15.4. The molecule has 1 amide bonds. The Bertz CT molecular complexity index is 1310. The van der Waals surface area contributed by atoms with Gasteiger partial charge in [0.25, 0.3) is 5.56 Å². The third-order valence-corrected chi connectivity index (χ3v) is 7.14. The fraction of sp³-hybridized carbons (Fsp3) is 0.174. The van der Waals surface area contributed by atoms with Gasteiger partial charge in [-0.25, -0.2) is 14.1 Å². The summed E-state index contributed by atoms with van der Waals surface area (Å²) in [6.45, 7) is 3.57. The van der Waals surface area contributed by atoms with Gasteiger partial charge in [-0.15, -0.1) is 11.3 Å². The summed E-state index contributed by atoms with van der Waals surface area (Å²) in [4.78, 5) is 30.4. The summed E-state index contributed by atoms with van der Waals surface area (Å²) in [5.41, 5.74) is 2.91. The fourth-order valence-corrected chi connectivity index (χ4v) is 5.18. The van der Waals surface area contributed by atoms with Crippen molar-refractivity contribution in [1.82, 2.24) is 14.3 Å². The van der Waals surface area contributed by atoms with E-state index in [4.69, 9.17) is 0 Å². The van der Waals surface area contributed by atoms with Crippen LogP contribution in [0.5, 0.6) is 0 Å². The molecule has 9 heteroatoms. The molecule has 0 spiro atoms. The molecule has 0 radical (unpaired) electrons. The van der Waals surface area contributed by atoms with Crippen LogP contribution in [0.2, 0.25) is 0 Å². The molecule has 2 heterocycles. The van der Waals surface area contributed by atoms with Crippen LogP contribution in [0.1, 0.15) is 12.6 Å². The molecule has 0 bridgehead atoms. The van der Waals surface area contributed by atoms with Gasteiger partial charge in [-0.1, -0.05) is 30.0 Å². The molecule has 4 rings (SSSR count). The van der Waals surface area contributed by atoms with E-state index in [9.17, 15) is 14.0 Å². The topological polar surface area (TPSA) is 68.9 Å². The second kappa shape index (κ2) is 9.13. The molecule has 0 aliphatic rings. The molecule has 0 aliphatic carbocycles. The summed E-state index contributed by atoms with van der Waals surface area (Å²) < 4.78 is 17.1. The van der Waals surface area contributed by atoms with Gasteiger partial charge >= 0.3 is 0 Å². The number of anilines is 1. The number of para-hydroxylation sites is 1. The zero-order valence-corrected chi connectivity index (χ0v) is 19.3. The summed E-state index contributed by atoms with van der Waals surface area (Å²) >= 11 is 2.73. The second-order valence-corrected chi connectivity index (χ2v) is 9.64. The summed E-state index contributed by atoms with van der Waals surface area (Å²) in [5, 5.41) is 4.20. The van der Waals surface area contributed by atoms with Crippen LogP contribution in [0.15, 0.2) is 69.1 Å². The Morgan fingerprint density at radius 3 is 2.53 bits per heavy atom. The summed E-state index contributed by atoms with van der Waals surface area (Å²) in [6.07, 6.45) is 0. The predicted molar refractivity (Wildman–Crippen MR) is 127 cm³/mol. The van der Waals surface area contributed by atoms with Gasteiger partial charge in [0.2, 0.25) is 5.91 Å². The van der Waals surface area contributed by atoms with Crippen LogP contribution in [0.3, 0.4) is 0 Å². The van der Waals surface area contributed by atoms with E-state index in [0.29, 0.717) is 5.69 Å². The molecule has 32 heavy (non-hydrogen) atoms. The average molecular weight is 469 g/mol. The monoisotopic (exact) mass is 468 g/mol. The Kier molecular flexibility index (Phi) is 6.29. The Morgan fingerprint density at radius 2 is 1.84 bits per heavy atom. The number of aromatic nitrogens is 3. The zero-order chi connectivity index (χ0) is 22.8. The van der Waals surface area contributed by atoms with E-state index in [0.717, 1.165) is 21.3 Å². The molecule has 0 saturated heterocycles. The molecule has 0 saturated carbocycles. The van der Waals surface area contributed by atoms with Crippen molar-refractivity contribution in [1.29, 1.82) is 0 Å². The SMILES string of the molecule is Cc1c(NC(=O)C(C)Sc2nc(-c3ccc(F)cc3)cs2)c(=O)n(-c2ccccc2)n1C. The second-order valence-electron chi connectivity index (χ2n) is 7.19. The van der Waals surface area contributed by atoms with E-state index in [1.807, 2.05) is 35.7 Å². The first kappa shape index (κ1) is 22.0. The van der Waals surface area contributed by atoms with E-state index >= 15 is 0 Å². The maximum atomic E-state index is 13.1. The lowest BCUT2D eigenvalue weighted by Crippen LogP contribution is -2.27. The first-order valence-electron chi connectivity index (χ1n) is 9.88. The standard InChI is InChI=1S/C23H21FN4O2S2/c1-14-20(22(30)28(27(14)3)18-7-5-4-6-8-18)26-21(29)15(2)32-23-25-19(13-31-23)16-9-11-17(24)12-10-16/h4-13,15H,1-3H3,(H,26,29). The smallest absolute Gasteiger partial charge is 0.295 e. The number of nitrogens with one attached hydrogen (secondary N) is 1. The van der Waals surface area contributed by atoms with Gasteiger partial charge in [0.15, 0.2) is 4.34 Å². The Morgan fingerprint density at radius 1 is 1.16 bits per heavy atom. The number of thiazole rings is 1. The molecule has 0 fully saturated rings. The van der Waals surface area contributed by atoms with Crippen molar-refractivity contribution in [3.63, 3.8) is 0 Å². The van der Waals surface area contributed by atoms with E-state index in [-0.39, 0.29) is 23.0 Å². The number of thioether (sulfide) groups is 1. The molecular formula is C23H21FN4O2S2. The number of carbonyl (C=O) groups excluding carboxylic acids is 1. The Balaban J connectivity index is 1.49. The van der Waals surface area contributed by atoms with Crippen LogP contribution >= 0.6 is 23.1 Å². The van der Waals surface area contributed by atoms with Crippen molar-refractivity contribution in [3.8, 4) is 16.9 Å². The molecule has 164 valence electrons. The van der Waals surface area contributed by atoms with Crippen molar-refractivity contribution < 1.29 is 9.18 Å². The predicted octanol–water partition coefficient (Wildman–Crippen LogP) is 4.87. The van der Waals surface area contributed by atoms with Crippen LogP contribution in [-0.2, 0) is 11.8 Å². The van der Waals surface area contributed by atoms with Gasteiger partial charge < -0.3 is 5.32 Å². The normalized spacial score (nSPS) is 12.0. The van der Waals surface area contributed by atoms with E-state index in [2.05, 4.69) is 10.3 Å². The van der Waals surface area contributed by atoms with Crippen molar-refractivity contribution in [2.24, 2.45) is 7.05 Å². The van der Waals surface area contributed by atoms with Gasteiger partial charge in [-0.3, -0.25) is 14.3 Å². The zero-order valence-electron chi connectivity index (χ0n) is 17.7. The van der Waals surface area contributed by atoms with Crippen LogP contribution in [0.25, 0.3) is 16.9 Å². The Hall–Kier alpha value is -3.17. The maximum absolute atomic E-state index is 13.1. The molecule has 1 N–H and O–H groups in total. The number of benzene rings is 2. The summed E-state index contributed by atoms with van der Waals surface area (Å²) in [7, 11) is 1.78. The number of hydrogen-bond acceptors (Lipinski definition) is 5. The minimum absolute atomic E-state index is 0.264. The van der Waals surface area contributed by atoms with E-state index in [1.54, 1.807) is 37.7 Å². The first-order valence-corrected chi connectivity index (χ1v) is 11.6. The molecule has 2 aromatic carbocycles. The lowest BCUT2D eigenvalue weighted by Gasteiger charge is -2.09. The first-order chi connectivity index (χ1) is 15.3. The van der Waals surface area contributed by atoms with Gasteiger partial charge in [0, 0.05) is 18.0 Å². The number of halogens is 1. The molecule has 0 aliphatic heterocycles. The van der Waals surface area contributed by atoms with E-state index < -0.39 is 5.25 Å². The van der Waals surface area contributed by atoms with Crippen molar-refractivity contribution >= 4 is 34.7 Å². The highest BCUT2D eigenvalue weighted by molar-refractivity contribution is 8.02. The highest BCUT2D eigenvalue weighted by atomic mass is 32.2. The third kappa shape index (κ3) is 4.39. The van der Waals surface area contributed by atoms with Gasteiger partial charge in [0.05, 0.1) is 22.3 Å². The van der Waals surface area contributed by atoms with Crippen molar-refractivity contribution in [2.45, 2.75) is 23.4 Å². The molecule has 1 atom stereocenters. The Labute approximate surface area is 192 Å². The highest BCUT2D eigenvalue weighted by Crippen LogP contribution is 2.31. The largest absolute Gasteiger partial charge is 0.319 e. The average Bonchev–Trinajstić information content (AvgIpc) is 3.33. The van der Waals surface area contributed by atoms with Gasteiger partial charge in [-0.2, -0.15) is 0 Å². The fourth-order valence-electron chi connectivity index (χ4n) is 3.21. The van der Waals surface area contributed by atoms with Gasteiger partial charge in [0.1, 0.15) is 11.5 Å². The molecule has 6 nitrogen and oxygen atoms in total. The number of carbonyl (C=O) groups is 1. The number of hydrogen-bond donors (Lipinski definition) is 1. The number of rotatable bonds is 6. The van der Waals surface area contributed by atoms with Crippen LogP contribution < -0.4 is 10.9 Å². The van der Waals surface area contributed by atoms with Crippen LogP contribution in [-0.4, -0.2) is 25.5 Å². The van der Waals surface area contributed by atoms with Crippen LogP contribution in [0, 0.1) is 12.7 Å². The molecule has 1 unspecified atom stereocenters. The number of nitrogens with zero attached hydrogens (tertiary/aromatic N) is 3. The molecule has 2 aromatic heterocycles. The maximum Gasteiger partial charge on any atom is 0.295 e. The van der Waals surface area contributed by atoms with Crippen LogP contribution in [0.4, 0.5) is 10.1 Å².